The molecule has 23 heavy (non-hydrogen) atoms. The van der Waals surface area contributed by atoms with Crippen molar-refractivity contribution in [3.05, 3.63) is 71.8 Å². The van der Waals surface area contributed by atoms with E-state index in [0.717, 1.165) is 11.1 Å². The van der Waals surface area contributed by atoms with Gasteiger partial charge >= 0.3 is 6.09 Å². The number of ether oxygens (including phenoxy) is 1. The number of rotatable bonds is 7. The van der Waals surface area contributed by atoms with E-state index in [1.165, 1.54) is 0 Å². The highest BCUT2D eigenvalue weighted by atomic mass is 16.7. The van der Waals surface area contributed by atoms with Crippen LogP contribution in [0.25, 0.3) is 0 Å². The Kier molecular flexibility index (Phi) is 6.62. The van der Waals surface area contributed by atoms with Crippen LogP contribution in [0.5, 0.6) is 0 Å². The second-order valence-corrected chi connectivity index (χ2v) is 4.71. The zero-order valence-electron chi connectivity index (χ0n) is 12.5. The van der Waals surface area contributed by atoms with Crippen molar-refractivity contribution in [3.63, 3.8) is 0 Å². The van der Waals surface area contributed by atoms with E-state index in [4.69, 9.17) is 9.57 Å². The SMILES string of the molecule is O=C(CONC(=O)OCc1ccccc1)NCc1ccccc1. The molecule has 6 heteroatoms. The molecule has 0 saturated heterocycles. The fourth-order valence-electron chi connectivity index (χ4n) is 1.76. The number of hydrogen-bond acceptors (Lipinski definition) is 4. The number of benzene rings is 2. The van der Waals surface area contributed by atoms with Crippen molar-refractivity contribution in [3.8, 4) is 0 Å². The van der Waals surface area contributed by atoms with E-state index in [1.807, 2.05) is 60.7 Å². The first-order valence-electron chi connectivity index (χ1n) is 7.13. The maximum Gasteiger partial charge on any atom is 0.431 e. The highest BCUT2D eigenvalue weighted by Gasteiger charge is 2.05. The zero-order chi connectivity index (χ0) is 16.3. The summed E-state index contributed by atoms with van der Waals surface area (Å²) < 4.78 is 4.93. The van der Waals surface area contributed by atoms with Crippen LogP contribution in [0.1, 0.15) is 11.1 Å². The summed E-state index contributed by atoms with van der Waals surface area (Å²) in [4.78, 5) is 27.7. The fraction of sp³-hybridized carbons (Fsp3) is 0.176. The Morgan fingerprint density at radius 2 is 1.48 bits per heavy atom. The summed E-state index contributed by atoms with van der Waals surface area (Å²) in [7, 11) is 0. The van der Waals surface area contributed by atoms with Gasteiger partial charge in [0.15, 0.2) is 6.61 Å². The largest absolute Gasteiger partial charge is 0.443 e. The summed E-state index contributed by atoms with van der Waals surface area (Å²) >= 11 is 0. The Balaban J connectivity index is 1.57. The first kappa shape index (κ1) is 16.5. The zero-order valence-corrected chi connectivity index (χ0v) is 12.5. The van der Waals surface area contributed by atoms with Gasteiger partial charge in [-0.2, -0.15) is 5.48 Å². The van der Waals surface area contributed by atoms with Crippen LogP contribution in [-0.4, -0.2) is 18.6 Å². The van der Waals surface area contributed by atoms with E-state index < -0.39 is 6.09 Å². The van der Waals surface area contributed by atoms with Crippen LogP contribution in [0.4, 0.5) is 4.79 Å². The van der Waals surface area contributed by atoms with Gasteiger partial charge in [0.25, 0.3) is 0 Å². The van der Waals surface area contributed by atoms with E-state index in [-0.39, 0.29) is 19.1 Å². The molecule has 0 bridgehead atoms. The molecule has 2 amide bonds. The predicted molar refractivity (Wildman–Crippen MR) is 84.0 cm³/mol. The molecular weight excluding hydrogens is 296 g/mol. The van der Waals surface area contributed by atoms with Crippen LogP contribution >= 0.6 is 0 Å². The minimum absolute atomic E-state index is 0.135. The smallest absolute Gasteiger partial charge is 0.431 e. The predicted octanol–water partition coefficient (Wildman–Crippen LogP) is 2.16. The average molecular weight is 314 g/mol. The molecule has 2 N–H and O–H groups in total. The molecule has 2 aromatic rings. The monoisotopic (exact) mass is 314 g/mol. The molecule has 0 heterocycles. The minimum atomic E-state index is -0.746. The highest BCUT2D eigenvalue weighted by molar-refractivity contribution is 5.77. The standard InChI is InChI=1S/C17H18N2O4/c20-16(18-11-14-7-3-1-4-8-14)13-23-19-17(21)22-12-15-9-5-2-6-10-15/h1-10H,11-13H2,(H,18,20)(H,19,21). The van der Waals surface area contributed by atoms with Gasteiger partial charge in [-0.3, -0.25) is 9.63 Å². The molecule has 0 aliphatic carbocycles. The Labute approximate surface area is 134 Å². The van der Waals surface area contributed by atoms with Gasteiger partial charge < -0.3 is 10.1 Å². The first-order chi connectivity index (χ1) is 11.2. The van der Waals surface area contributed by atoms with Crippen LogP contribution < -0.4 is 10.8 Å². The molecule has 0 aliphatic heterocycles. The van der Waals surface area contributed by atoms with Gasteiger partial charge in [-0.15, -0.1) is 0 Å². The van der Waals surface area contributed by atoms with E-state index in [2.05, 4.69) is 10.8 Å². The molecule has 6 nitrogen and oxygen atoms in total. The molecule has 0 radical (unpaired) electrons. The Bertz CT molecular complexity index is 562. The number of hydroxylamine groups is 1. The second-order valence-electron chi connectivity index (χ2n) is 4.71. The Hall–Kier alpha value is -2.86. The van der Waals surface area contributed by atoms with Crippen LogP contribution in [0.2, 0.25) is 0 Å². The van der Waals surface area contributed by atoms with Gasteiger partial charge in [-0.05, 0) is 11.1 Å². The molecule has 0 unspecified atom stereocenters. The van der Waals surface area contributed by atoms with Crippen LogP contribution in [-0.2, 0) is 27.5 Å². The van der Waals surface area contributed by atoms with E-state index >= 15 is 0 Å². The topological polar surface area (TPSA) is 76.7 Å². The Morgan fingerprint density at radius 1 is 0.870 bits per heavy atom. The van der Waals surface area contributed by atoms with Gasteiger partial charge in [0, 0.05) is 6.54 Å². The molecular formula is C17H18N2O4. The van der Waals surface area contributed by atoms with Gasteiger partial charge in [-0.25, -0.2) is 4.79 Å². The summed E-state index contributed by atoms with van der Waals surface area (Å²) in [5, 5.41) is 2.67. The van der Waals surface area contributed by atoms with Gasteiger partial charge in [0.05, 0.1) is 0 Å². The molecule has 0 aliphatic rings. The lowest BCUT2D eigenvalue weighted by atomic mass is 10.2. The summed E-state index contributed by atoms with van der Waals surface area (Å²) in [5.74, 6) is -0.336. The van der Waals surface area contributed by atoms with Crippen molar-refractivity contribution in [2.24, 2.45) is 0 Å². The molecule has 120 valence electrons. The lowest BCUT2D eigenvalue weighted by Gasteiger charge is -2.08. The number of nitrogens with one attached hydrogen (secondary N) is 2. The summed E-state index contributed by atoms with van der Waals surface area (Å²) in [5.41, 5.74) is 3.91. The van der Waals surface area contributed by atoms with Crippen molar-refractivity contribution in [1.29, 1.82) is 0 Å². The van der Waals surface area contributed by atoms with Crippen molar-refractivity contribution in [2.45, 2.75) is 13.2 Å². The van der Waals surface area contributed by atoms with E-state index in [0.29, 0.717) is 6.54 Å². The maximum absolute atomic E-state index is 11.5. The summed E-state index contributed by atoms with van der Waals surface area (Å²) in [6.45, 7) is 0.255. The summed E-state index contributed by atoms with van der Waals surface area (Å²) in [6.07, 6.45) is -0.746. The fourth-order valence-corrected chi connectivity index (χ4v) is 1.76. The minimum Gasteiger partial charge on any atom is -0.443 e. The molecule has 2 rings (SSSR count). The van der Waals surface area contributed by atoms with Crippen LogP contribution in [0.3, 0.4) is 0 Å². The maximum atomic E-state index is 11.5. The van der Waals surface area contributed by atoms with Crippen molar-refractivity contribution in [1.82, 2.24) is 10.8 Å². The Morgan fingerprint density at radius 3 is 2.13 bits per heavy atom. The summed E-state index contributed by atoms with van der Waals surface area (Å²) in [6, 6.07) is 18.7. The quantitative estimate of drug-likeness (QED) is 0.768. The second kappa shape index (κ2) is 9.22. The van der Waals surface area contributed by atoms with Gasteiger partial charge in [-0.1, -0.05) is 60.7 Å². The van der Waals surface area contributed by atoms with Gasteiger partial charge in [0.1, 0.15) is 6.61 Å². The third-order valence-electron chi connectivity index (χ3n) is 2.90. The third kappa shape index (κ3) is 6.62. The van der Waals surface area contributed by atoms with Crippen LogP contribution in [0.15, 0.2) is 60.7 Å². The average Bonchev–Trinajstić information content (AvgIpc) is 2.60. The molecule has 0 saturated carbocycles. The lowest BCUT2D eigenvalue weighted by molar-refractivity contribution is -0.128. The highest BCUT2D eigenvalue weighted by Crippen LogP contribution is 2.00. The van der Waals surface area contributed by atoms with Crippen molar-refractivity contribution < 1.29 is 19.2 Å². The van der Waals surface area contributed by atoms with E-state index in [1.54, 1.807) is 0 Å². The van der Waals surface area contributed by atoms with Gasteiger partial charge in [0.2, 0.25) is 5.91 Å². The molecule has 2 aromatic carbocycles. The lowest BCUT2D eigenvalue weighted by Crippen LogP contribution is -2.32. The number of amides is 2. The van der Waals surface area contributed by atoms with Crippen LogP contribution in [0, 0.1) is 0 Å². The number of carbonyl (C=O) groups is 2. The molecule has 0 spiro atoms. The first-order valence-corrected chi connectivity index (χ1v) is 7.13. The molecule has 0 aromatic heterocycles. The molecule has 0 fully saturated rings. The number of carbonyl (C=O) groups excluding carboxylic acids is 2. The molecule has 0 atom stereocenters. The third-order valence-corrected chi connectivity index (χ3v) is 2.90. The normalized spacial score (nSPS) is 9.91. The number of hydrogen-bond donors (Lipinski definition) is 2. The van der Waals surface area contributed by atoms with E-state index in [9.17, 15) is 9.59 Å². The van der Waals surface area contributed by atoms with Crippen molar-refractivity contribution in [2.75, 3.05) is 6.61 Å². The van der Waals surface area contributed by atoms with Crippen molar-refractivity contribution >= 4 is 12.0 Å².